The molecule has 6 nitrogen and oxygen atoms in total. The molecule has 0 radical (unpaired) electrons. The Labute approximate surface area is 325 Å². The molecule has 55 heavy (non-hydrogen) atoms. The summed E-state index contributed by atoms with van der Waals surface area (Å²) in [5.41, 5.74) is 5.13. The van der Waals surface area contributed by atoms with Gasteiger partial charge < -0.3 is 14.3 Å². The number of phenols is 1. The van der Waals surface area contributed by atoms with E-state index in [0.29, 0.717) is 25.3 Å². The van der Waals surface area contributed by atoms with Gasteiger partial charge in [0.1, 0.15) is 5.75 Å². The Morgan fingerprint density at radius 1 is 0.800 bits per heavy atom. The zero-order valence-corrected chi connectivity index (χ0v) is 33.1. The van der Waals surface area contributed by atoms with Crippen LogP contribution in [0, 0.1) is 17.8 Å². The molecule has 5 aromatic carbocycles. The fraction of sp³-hybridized carbons (Fsp3) is 0.292. The maximum Gasteiger partial charge on any atom is 0.261 e. The topological polar surface area (TPSA) is 76.1 Å². The smallest absolute Gasteiger partial charge is 0.261 e. The largest absolute Gasteiger partial charge is 0.507 e. The monoisotopic (exact) mass is 747 g/mol. The van der Waals surface area contributed by atoms with E-state index in [0.717, 1.165) is 40.3 Å². The molecule has 0 saturated carbocycles. The molecule has 2 heterocycles. The van der Waals surface area contributed by atoms with E-state index in [4.69, 9.17) is 9.16 Å². The number of ether oxygens (including phenoxy) is 1. The van der Waals surface area contributed by atoms with Gasteiger partial charge in [0.15, 0.2) is 0 Å². The number of hydrogen-bond donors (Lipinski definition) is 1. The first-order valence-electron chi connectivity index (χ1n) is 19.5. The fourth-order valence-corrected chi connectivity index (χ4v) is 14.1. The van der Waals surface area contributed by atoms with Crippen molar-refractivity contribution in [3.8, 4) is 5.75 Å². The number of anilines is 1. The average molecular weight is 748 g/mol. The zero-order valence-electron chi connectivity index (χ0n) is 32.1. The molecule has 8 rings (SSSR count). The van der Waals surface area contributed by atoms with E-state index >= 15 is 0 Å². The van der Waals surface area contributed by atoms with Crippen LogP contribution >= 0.6 is 0 Å². The van der Waals surface area contributed by atoms with Crippen LogP contribution in [0.5, 0.6) is 5.75 Å². The number of allylic oxidation sites excluding steroid dienone is 1. The number of para-hydroxylation sites is 1. The van der Waals surface area contributed by atoms with Crippen LogP contribution in [0.15, 0.2) is 144 Å². The van der Waals surface area contributed by atoms with E-state index in [1.165, 1.54) is 20.8 Å². The van der Waals surface area contributed by atoms with Crippen molar-refractivity contribution in [3.05, 3.63) is 150 Å². The number of aromatic hydroxyl groups is 1. The van der Waals surface area contributed by atoms with Crippen LogP contribution in [0.1, 0.15) is 52.5 Å². The molecule has 0 aromatic heterocycles. The van der Waals surface area contributed by atoms with Crippen LogP contribution < -0.4 is 15.3 Å². The summed E-state index contributed by atoms with van der Waals surface area (Å²) in [5.74, 6) is -1.12. The summed E-state index contributed by atoms with van der Waals surface area (Å²) in [6.07, 6.45) is 4.00. The Morgan fingerprint density at radius 3 is 2.04 bits per heavy atom. The van der Waals surface area contributed by atoms with E-state index < -0.39 is 20.2 Å². The van der Waals surface area contributed by atoms with Crippen LogP contribution in [0.3, 0.4) is 0 Å². The molecule has 5 aromatic rings. The highest BCUT2D eigenvalue weighted by molar-refractivity contribution is 6.99. The second-order valence-electron chi connectivity index (χ2n) is 16.4. The van der Waals surface area contributed by atoms with Crippen molar-refractivity contribution in [1.82, 2.24) is 0 Å². The van der Waals surface area contributed by atoms with Gasteiger partial charge in [-0.3, -0.25) is 14.5 Å². The number of benzene rings is 5. The summed E-state index contributed by atoms with van der Waals surface area (Å²) < 4.78 is 14.2. The standard InChI is InChI=1S/C48H49NO5Si/c1-32(28-33-25-26-42(50)39-23-15-14-22-38(33)39)24-27-43-44-34(29-40-45(41(44)31-53-43)47(52)49(46(40)51)35-16-8-5-9-17-35)30-54-55(48(2,3)4,36-18-10-6-11-19-36)37-20-12-7-13-21-37/h5-23,25-26,28,40-41,43,45,50H,24,27,29-31H2,1-4H3/b32-28+/t40-,41+,43-,45-/m1/s1. The molecule has 0 bridgehead atoms. The van der Waals surface area contributed by atoms with E-state index in [1.54, 1.807) is 6.07 Å². The Kier molecular flexibility index (Phi) is 9.97. The fourth-order valence-electron chi connectivity index (χ4n) is 9.52. The first-order valence-corrected chi connectivity index (χ1v) is 21.4. The highest BCUT2D eigenvalue weighted by atomic mass is 28.4. The van der Waals surface area contributed by atoms with Gasteiger partial charge in [-0.05, 0) is 81.9 Å². The molecular formula is C48H49NO5Si. The molecule has 1 aliphatic carbocycles. The Morgan fingerprint density at radius 2 is 1.40 bits per heavy atom. The predicted molar refractivity (Wildman–Crippen MR) is 223 cm³/mol. The van der Waals surface area contributed by atoms with E-state index in [2.05, 4.69) is 94.4 Å². The number of nitrogens with zero attached hydrogens (tertiary/aromatic N) is 1. The molecule has 4 atom stereocenters. The van der Waals surface area contributed by atoms with Gasteiger partial charge in [0.05, 0.1) is 36.8 Å². The Bertz CT molecular complexity index is 2240. The number of carbonyl (C=O) groups excluding carboxylic acids is 2. The highest BCUT2D eigenvalue weighted by Crippen LogP contribution is 2.51. The lowest BCUT2D eigenvalue weighted by molar-refractivity contribution is -0.122. The summed E-state index contributed by atoms with van der Waals surface area (Å²) in [6, 6.07) is 42.2. The molecule has 0 spiro atoms. The molecule has 2 saturated heterocycles. The van der Waals surface area contributed by atoms with Crippen molar-refractivity contribution in [2.24, 2.45) is 17.8 Å². The Hall–Kier alpha value is -5.08. The van der Waals surface area contributed by atoms with Gasteiger partial charge in [-0.15, -0.1) is 0 Å². The van der Waals surface area contributed by atoms with Crippen molar-refractivity contribution < 1.29 is 23.9 Å². The van der Waals surface area contributed by atoms with Crippen molar-refractivity contribution >= 4 is 53.0 Å². The second kappa shape index (κ2) is 14.9. The Balaban J connectivity index is 1.16. The first-order chi connectivity index (χ1) is 26.6. The average Bonchev–Trinajstić information content (AvgIpc) is 3.73. The number of hydrogen-bond acceptors (Lipinski definition) is 5. The number of imide groups is 1. The predicted octanol–water partition coefficient (Wildman–Crippen LogP) is 8.83. The maximum atomic E-state index is 14.3. The number of carbonyl (C=O) groups is 2. The molecule has 2 amide bonds. The molecule has 2 aliphatic heterocycles. The van der Waals surface area contributed by atoms with Crippen LogP contribution in [-0.4, -0.2) is 44.6 Å². The highest BCUT2D eigenvalue weighted by Gasteiger charge is 2.58. The van der Waals surface area contributed by atoms with Gasteiger partial charge >= 0.3 is 0 Å². The van der Waals surface area contributed by atoms with Crippen molar-refractivity contribution in [3.63, 3.8) is 0 Å². The molecule has 2 fully saturated rings. The third-order valence-electron chi connectivity index (χ3n) is 12.0. The molecular weight excluding hydrogens is 699 g/mol. The summed E-state index contributed by atoms with van der Waals surface area (Å²) >= 11 is 0. The van der Waals surface area contributed by atoms with Gasteiger partial charge in [0, 0.05) is 11.3 Å². The lowest BCUT2D eigenvalue weighted by atomic mass is 9.69. The van der Waals surface area contributed by atoms with Crippen molar-refractivity contribution in [2.45, 2.75) is 58.1 Å². The van der Waals surface area contributed by atoms with Crippen LogP contribution in [0.4, 0.5) is 5.69 Å². The molecule has 0 unspecified atom stereocenters. The lowest BCUT2D eigenvalue weighted by Crippen LogP contribution is -2.66. The van der Waals surface area contributed by atoms with E-state index in [-0.39, 0.29) is 34.6 Å². The van der Waals surface area contributed by atoms with Crippen molar-refractivity contribution in [2.75, 3.05) is 18.1 Å². The first kappa shape index (κ1) is 36.9. The molecule has 280 valence electrons. The third-order valence-corrected chi connectivity index (χ3v) is 17.0. The van der Waals surface area contributed by atoms with E-state index in [9.17, 15) is 14.7 Å². The summed E-state index contributed by atoms with van der Waals surface area (Å²) in [4.78, 5) is 30.0. The summed E-state index contributed by atoms with van der Waals surface area (Å²) in [5, 5.41) is 14.5. The molecule has 1 N–H and O–H groups in total. The summed E-state index contributed by atoms with van der Waals surface area (Å²) in [6.45, 7) is 9.74. The van der Waals surface area contributed by atoms with Crippen LogP contribution in [-0.2, 0) is 18.8 Å². The number of amides is 2. The molecule has 7 heteroatoms. The number of fused-ring (bicyclic) bond motifs is 4. The van der Waals surface area contributed by atoms with Gasteiger partial charge in [-0.25, -0.2) is 0 Å². The van der Waals surface area contributed by atoms with Crippen LogP contribution in [0.25, 0.3) is 16.8 Å². The van der Waals surface area contributed by atoms with Crippen LogP contribution in [0.2, 0.25) is 5.04 Å². The van der Waals surface area contributed by atoms with Gasteiger partial charge in [0.25, 0.3) is 8.32 Å². The van der Waals surface area contributed by atoms with Gasteiger partial charge in [-0.2, -0.15) is 0 Å². The minimum absolute atomic E-state index is 0.129. The van der Waals surface area contributed by atoms with Gasteiger partial charge in [-0.1, -0.05) is 142 Å². The van der Waals surface area contributed by atoms with Gasteiger partial charge in [0.2, 0.25) is 11.8 Å². The quantitative estimate of drug-likeness (QED) is 0.0879. The second-order valence-corrected chi connectivity index (χ2v) is 20.7. The number of rotatable bonds is 10. The molecule has 3 aliphatic rings. The SMILES string of the molecule is C/C(=C\c1ccc(O)c2ccccc12)CC[C@H]1OC[C@H]2C1=C(CO[Si](c1ccccc1)(c1ccccc1)C(C)(C)C)C[C@H]1C(=O)N(c3ccccc3)C(=O)[C@H]12. The van der Waals surface area contributed by atoms with Crippen molar-refractivity contribution in [1.29, 1.82) is 0 Å². The zero-order chi connectivity index (χ0) is 38.3. The third kappa shape index (κ3) is 6.58. The minimum atomic E-state index is -2.90. The lowest BCUT2D eigenvalue weighted by Gasteiger charge is -2.44. The summed E-state index contributed by atoms with van der Waals surface area (Å²) in [7, 11) is -2.90. The minimum Gasteiger partial charge on any atom is -0.507 e. The normalized spacial score (nSPS) is 21.7. The number of phenolic OH excluding ortho intramolecular Hbond substituents is 1. The van der Waals surface area contributed by atoms with E-state index in [1.807, 2.05) is 60.7 Å². The maximum absolute atomic E-state index is 14.3.